The van der Waals surface area contributed by atoms with Crippen LogP contribution in [0, 0.1) is 5.92 Å². The normalized spacial score (nSPS) is 27.1. The Bertz CT molecular complexity index is 277. The van der Waals surface area contributed by atoms with E-state index in [2.05, 4.69) is 4.72 Å². The van der Waals surface area contributed by atoms with E-state index in [0.29, 0.717) is 12.5 Å². The van der Waals surface area contributed by atoms with Crippen LogP contribution >= 0.6 is 0 Å². The lowest BCUT2D eigenvalue weighted by Gasteiger charge is -2.11. The Labute approximate surface area is 92.7 Å². The zero-order valence-electron chi connectivity index (χ0n) is 9.41. The Morgan fingerprint density at radius 3 is 2.67 bits per heavy atom. The molecule has 0 amide bonds. The molecule has 1 saturated carbocycles. The summed E-state index contributed by atoms with van der Waals surface area (Å²) in [4.78, 5) is 0. The van der Waals surface area contributed by atoms with Crippen LogP contribution in [0.25, 0.3) is 0 Å². The average Bonchev–Trinajstić information content (AvgIpc) is 2.59. The van der Waals surface area contributed by atoms with Gasteiger partial charge in [0.1, 0.15) is 0 Å². The van der Waals surface area contributed by atoms with Gasteiger partial charge in [0, 0.05) is 12.6 Å². The molecule has 2 atom stereocenters. The van der Waals surface area contributed by atoms with Gasteiger partial charge in [-0.05, 0) is 31.6 Å². The highest BCUT2D eigenvalue weighted by Crippen LogP contribution is 2.23. The lowest BCUT2D eigenvalue weighted by atomic mass is 10.1. The van der Waals surface area contributed by atoms with Crippen LogP contribution in [0.15, 0.2) is 0 Å². The second-order valence-corrected chi connectivity index (χ2v) is 6.39. The molecule has 0 spiro atoms. The standard InChI is InChI=1S/C10H22N2O2S/c1-2-3-6-15(13,14)12-8-9-4-5-10(11)7-9/h9-10,12H,2-8,11H2,1H3. The van der Waals surface area contributed by atoms with Gasteiger partial charge in [-0.15, -0.1) is 0 Å². The van der Waals surface area contributed by atoms with E-state index in [-0.39, 0.29) is 11.8 Å². The van der Waals surface area contributed by atoms with Gasteiger partial charge in [-0.3, -0.25) is 0 Å². The van der Waals surface area contributed by atoms with Crippen LogP contribution in [0.3, 0.4) is 0 Å². The minimum Gasteiger partial charge on any atom is -0.328 e. The first-order valence-corrected chi connectivity index (χ1v) is 7.41. The molecule has 0 heterocycles. The fraction of sp³-hybridized carbons (Fsp3) is 1.00. The van der Waals surface area contributed by atoms with Gasteiger partial charge in [0.25, 0.3) is 0 Å². The largest absolute Gasteiger partial charge is 0.328 e. The van der Waals surface area contributed by atoms with Crippen molar-refractivity contribution < 1.29 is 8.42 Å². The summed E-state index contributed by atoms with van der Waals surface area (Å²) in [6.07, 6.45) is 4.68. The van der Waals surface area contributed by atoms with Crippen LogP contribution in [0.4, 0.5) is 0 Å². The van der Waals surface area contributed by atoms with Crippen LogP contribution in [-0.2, 0) is 10.0 Å². The minimum absolute atomic E-state index is 0.252. The molecule has 0 bridgehead atoms. The number of hydrogen-bond acceptors (Lipinski definition) is 3. The molecule has 1 fully saturated rings. The van der Waals surface area contributed by atoms with Crippen molar-refractivity contribution in [2.75, 3.05) is 12.3 Å². The third-order valence-corrected chi connectivity index (χ3v) is 4.37. The molecule has 5 heteroatoms. The highest BCUT2D eigenvalue weighted by molar-refractivity contribution is 7.89. The molecule has 1 aliphatic carbocycles. The van der Waals surface area contributed by atoms with Crippen LogP contribution in [0.5, 0.6) is 0 Å². The monoisotopic (exact) mass is 234 g/mol. The summed E-state index contributed by atoms with van der Waals surface area (Å²) in [6, 6.07) is 0.273. The van der Waals surface area contributed by atoms with Gasteiger partial charge in [-0.1, -0.05) is 13.3 Å². The summed E-state index contributed by atoms with van der Waals surface area (Å²) in [5, 5.41) is 0. The van der Waals surface area contributed by atoms with Crippen molar-refractivity contribution in [2.45, 2.75) is 45.1 Å². The first-order valence-electron chi connectivity index (χ1n) is 5.76. The number of nitrogens with one attached hydrogen (secondary N) is 1. The highest BCUT2D eigenvalue weighted by atomic mass is 32.2. The molecule has 0 aromatic carbocycles. The molecule has 3 N–H and O–H groups in total. The third-order valence-electron chi connectivity index (χ3n) is 2.94. The van der Waals surface area contributed by atoms with Gasteiger partial charge in [0.05, 0.1) is 5.75 Å². The second-order valence-electron chi connectivity index (χ2n) is 4.46. The molecular formula is C10H22N2O2S. The Hall–Kier alpha value is -0.130. The van der Waals surface area contributed by atoms with E-state index in [1.165, 1.54) is 0 Å². The fourth-order valence-electron chi connectivity index (χ4n) is 1.95. The van der Waals surface area contributed by atoms with E-state index in [4.69, 9.17) is 5.73 Å². The topological polar surface area (TPSA) is 72.2 Å². The first-order chi connectivity index (χ1) is 7.03. The van der Waals surface area contributed by atoms with Gasteiger partial charge in [0.2, 0.25) is 10.0 Å². The van der Waals surface area contributed by atoms with Gasteiger partial charge in [-0.2, -0.15) is 0 Å². The molecule has 0 aromatic rings. The molecule has 4 nitrogen and oxygen atoms in total. The van der Waals surface area contributed by atoms with E-state index in [1.54, 1.807) is 0 Å². The van der Waals surface area contributed by atoms with E-state index in [0.717, 1.165) is 32.1 Å². The molecule has 0 aromatic heterocycles. The third kappa shape index (κ3) is 4.95. The van der Waals surface area contributed by atoms with Crippen molar-refractivity contribution in [2.24, 2.45) is 11.7 Å². The number of unbranched alkanes of at least 4 members (excludes halogenated alkanes) is 1. The molecule has 0 aliphatic heterocycles. The van der Waals surface area contributed by atoms with Gasteiger partial charge >= 0.3 is 0 Å². The van der Waals surface area contributed by atoms with E-state index in [9.17, 15) is 8.42 Å². The highest BCUT2D eigenvalue weighted by Gasteiger charge is 2.22. The summed E-state index contributed by atoms with van der Waals surface area (Å²) in [5.74, 6) is 0.693. The van der Waals surface area contributed by atoms with Gasteiger partial charge < -0.3 is 5.73 Å². The maximum Gasteiger partial charge on any atom is 0.211 e. The van der Waals surface area contributed by atoms with Crippen LogP contribution in [0.1, 0.15) is 39.0 Å². The molecule has 2 unspecified atom stereocenters. The van der Waals surface area contributed by atoms with E-state index in [1.807, 2.05) is 6.92 Å². The Morgan fingerprint density at radius 2 is 2.13 bits per heavy atom. The van der Waals surface area contributed by atoms with Crippen molar-refractivity contribution >= 4 is 10.0 Å². The summed E-state index contributed by atoms with van der Waals surface area (Å²) < 4.78 is 25.6. The van der Waals surface area contributed by atoms with Crippen LogP contribution in [-0.4, -0.2) is 26.8 Å². The molecule has 1 rings (SSSR count). The van der Waals surface area contributed by atoms with Gasteiger partial charge in [-0.25, -0.2) is 13.1 Å². The summed E-state index contributed by atoms with van der Waals surface area (Å²) >= 11 is 0. The van der Waals surface area contributed by atoms with Crippen molar-refractivity contribution in [1.82, 2.24) is 4.72 Å². The molecule has 1 aliphatic rings. The predicted octanol–water partition coefficient (Wildman–Crippen LogP) is 0.833. The van der Waals surface area contributed by atoms with E-state index >= 15 is 0 Å². The SMILES string of the molecule is CCCCS(=O)(=O)NCC1CCC(N)C1. The Balaban J connectivity index is 2.24. The van der Waals surface area contributed by atoms with Crippen LogP contribution in [0.2, 0.25) is 0 Å². The number of sulfonamides is 1. The van der Waals surface area contributed by atoms with Crippen molar-refractivity contribution in [1.29, 1.82) is 0 Å². The second kappa shape index (κ2) is 5.82. The lowest BCUT2D eigenvalue weighted by molar-refractivity contribution is 0.511. The lowest BCUT2D eigenvalue weighted by Crippen LogP contribution is -2.31. The van der Waals surface area contributed by atoms with Crippen LogP contribution < -0.4 is 10.5 Å². The molecule has 90 valence electrons. The van der Waals surface area contributed by atoms with Crippen molar-refractivity contribution in [3.63, 3.8) is 0 Å². The average molecular weight is 234 g/mol. The van der Waals surface area contributed by atoms with Gasteiger partial charge in [0.15, 0.2) is 0 Å². The van der Waals surface area contributed by atoms with Crippen molar-refractivity contribution in [3.8, 4) is 0 Å². The summed E-state index contributed by atoms with van der Waals surface area (Å²) in [7, 11) is -3.04. The number of rotatable bonds is 6. The first kappa shape index (κ1) is 12.9. The maximum absolute atomic E-state index is 11.5. The van der Waals surface area contributed by atoms with E-state index < -0.39 is 10.0 Å². The quantitative estimate of drug-likeness (QED) is 0.715. The summed E-state index contributed by atoms with van der Waals surface area (Å²) in [5.41, 5.74) is 5.77. The van der Waals surface area contributed by atoms with Crippen molar-refractivity contribution in [3.05, 3.63) is 0 Å². The maximum atomic E-state index is 11.5. The Kier molecular flexibility index (Phi) is 5.02. The minimum atomic E-state index is -3.04. The summed E-state index contributed by atoms with van der Waals surface area (Å²) in [6.45, 7) is 2.56. The fourth-order valence-corrected chi connectivity index (χ4v) is 3.25. The zero-order valence-corrected chi connectivity index (χ0v) is 10.2. The predicted molar refractivity (Wildman–Crippen MR) is 62.0 cm³/mol. The molecular weight excluding hydrogens is 212 g/mol. The Morgan fingerprint density at radius 1 is 1.40 bits per heavy atom. The number of nitrogens with two attached hydrogens (primary N) is 1. The number of hydrogen-bond donors (Lipinski definition) is 2. The molecule has 15 heavy (non-hydrogen) atoms. The smallest absolute Gasteiger partial charge is 0.211 e. The molecule has 0 radical (unpaired) electrons. The molecule has 0 saturated heterocycles. The zero-order chi connectivity index (χ0) is 11.3.